The zero-order valence-corrected chi connectivity index (χ0v) is 12.8. The lowest BCUT2D eigenvalue weighted by atomic mass is 10.1. The Hall–Kier alpha value is -2.26. The maximum Gasteiger partial charge on any atom is 0.351 e. The fourth-order valence-corrected chi connectivity index (χ4v) is 2.60. The molecule has 3 rings (SSSR count). The number of nitrogens with one attached hydrogen (secondary N) is 1. The average molecular weight is 333 g/mol. The first-order valence-corrected chi connectivity index (χ1v) is 7.59. The molecule has 0 radical (unpaired) electrons. The van der Waals surface area contributed by atoms with Crippen molar-refractivity contribution in [1.29, 1.82) is 0 Å². The molecule has 0 amide bonds. The van der Waals surface area contributed by atoms with Crippen LogP contribution >= 0.6 is 0 Å². The van der Waals surface area contributed by atoms with Gasteiger partial charge in [0, 0.05) is 12.7 Å². The summed E-state index contributed by atoms with van der Waals surface area (Å²) in [7, 11) is 0. The van der Waals surface area contributed by atoms with Crippen LogP contribution in [0.15, 0.2) is 47.4 Å². The number of aliphatic hydroxyl groups excluding tert-OH is 3. The predicted octanol–water partition coefficient (Wildman–Crippen LogP) is -0.533. The Morgan fingerprint density at radius 3 is 2.54 bits per heavy atom. The third-order valence-electron chi connectivity index (χ3n) is 3.94. The third-order valence-corrected chi connectivity index (χ3v) is 3.94. The number of hydrogen-bond acceptors (Lipinski definition) is 7. The van der Waals surface area contributed by atoms with E-state index < -0.39 is 36.8 Å². The van der Waals surface area contributed by atoms with Crippen LogP contribution in [-0.2, 0) is 11.3 Å². The number of hydrogen-bond donors (Lipinski definition) is 4. The lowest BCUT2D eigenvalue weighted by molar-refractivity contribution is -0.0549. The summed E-state index contributed by atoms with van der Waals surface area (Å²) >= 11 is 0. The van der Waals surface area contributed by atoms with Crippen LogP contribution in [0.1, 0.15) is 11.8 Å². The van der Waals surface area contributed by atoms with E-state index in [1.165, 1.54) is 6.20 Å². The average Bonchev–Trinajstić information content (AvgIpc) is 2.89. The van der Waals surface area contributed by atoms with E-state index in [0.29, 0.717) is 12.4 Å². The van der Waals surface area contributed by atoms with Crippen molar-refractivity contribution in [3.05, 3.63) is 58.6 Å². The molecule has 1 saturated heterocycles. The number of nitrogens with zero attached hydrogens (tertiary/aromatic N) is 2. The van der Waals surface area contributed by atoms with Crippen molar-refractivity contribution in [1.82, 2.24) is 9.55 Å². The molecule has 128 valence electrons. The second-order valence-electron chi connectivity index (χ2n) is 5.57. The molecule has 8 nitrogen and oxygen atoms in total. The van der Waals surface area contributed by atoms with Crippen LogP contribution in [-0.4, -0.2) is 49.8 Å². The monoisotopic (exact) mass is 333 g/mol. The number of ether oxygens (including phenoxy) is 1. The summed E-state index contributed by atoms with van der Waals surface area (Å²) in [6, 6.07) is 11.2. The second kappa shape index (κ2) is 7.10. The van der Waals surface area contributed by atoms with Gasteiger partial charge in [-0.3, -0.25) is 4.57 Å². The number of aliphatic hydroxyl groups is 3. The van der Waals surface area contributed by atoms with Gasteiger partial charge in [-0.25, -0.2) is 4.79 Å². The zero-order valence-electron chi connectivity index (χ0n) is 12.8. The van der Waals surface area contributed by atoms with Gasteiger partial charge in [0.1, 0.15) is 24.1 Å². The Balaban J connectivity index is 1.72. The first-order chi connectivity index (χ1) is 11.6. The second-order valence-corrected chi connectivity index (χ2v) is 5.57. The van der Waals surface area contributed by atoms with Crippen LogP contribution in [0.5, 0.6) is 0 Å². The first-order valence-electron chi connectivity index (χ1n) is 7.59. The Bertz CT molecular complexity index is 736. The van der Waals surface area contributed by atoms with Crippen molar-refractivity contribution in [3.63, 3.8) is 0 Å². The molecule has 2 aromatic rings. The summed E-state index contributed by atoms with van der Waals surface area (Å²) in [6.07, 6.45) is -3.16. The standard InChI is InChI=1S/C16H19N3O5/c20-9-11-13(21)14(22)15(24-11)19-7-6-12(18-16(19)23)17-8-10-4-2-1-3-5-10/h1-7,11,13-15,20-22H,8-9H2,(H,17,18,23)/t11-,13-,14-,15-/m1/s1. The molecular formula is C16H19N3O5. The largest absolute Gasteiger partial charge is 0.394 e. The van der Waals surface area contributed by atoms with Crippen molar-refractivity contribution in [2.75, 3.05) is 11.9 Å². The Labute approximate surface area is 138 Å². The van der Waals surface area contributed by atoms with E-state index >= 15 is 0 Å². The van der Waals surface area contributed by atoms with Crippen molar-refractivity contribution >= 4 is 5.82 Å². The van der Waals surface area contributed by atoms with E-state index in [1.807, 2.05) is 30.3 Å². The highest BCUT2D eigenvalue weighted by atomic mass is 16.6. The van der Waals surface area contributed by atoms with Crippen LogP contribution in [0.3, 0.4) is 0 Å². The molecule has 4 N–H and O–H groups in total. The highest BCUT2D eigenvalue weighted by Gasteiger charge is 2.43. The normalized spacial score (nSPS) is 26.5. The molecule has 1 aromatic heterocycles. The molecule has 0 aliphatic carbocycles. The molecule has 4 atom stereocenters. The molecule has 0 spiro atoms. The number of rotatable bonds is 5. The van der Waals surface area contributed by atoms with E-state index in [-0.39, 0.29) is 0 Å². The SMILES string of the molecule is O=c1nc(NCc2ccccc2)ccn1[C@@H]1O[C@H](CO)[C@@H](O)[C@H]1O. The van der Waals surface area contributed by atoms with Gasteiger partial charge >= 0.3 is 5.69 Å². The van der Waals surface area contributed by atoms with Gasteiger partial charge in [0.05, 0.1) is 6.61 Å². The summed E-state index contributed by atoms with van der Waals surface area (Å²) < 4.78 is 6.42. The van der Waals surface area contributed by atoms with Crippen molar-refractivity contribution < 1.29 is 20.1 Å². The minimum absolute atomic E-state index is 0.395. The van der Waals surface area contributed by atoms with E-state index in [9.17, 15) is 15.0 Å². The maximum absolute atomic E-state index is 12.2. The van der Waals surface area contributed by atoms with Crippen LogP contribution in [0.25, 0.3) is 0 Å². The molecule has 0 unspecified atom stereocenters. The van der Waals surface area contributed by atoms with E-state index in [0.717, 1.165) is 10.1 Å². The number of aromatic nitrogens is 2. The van der Waals surface area contributed by atoms with Gasteiger partial charge in [0.15, 0.2) is 6.23 Å². The minimum Gasteiger partial charge on any atom is -0.394 e. The van der Waals surface area contributed by atoms with Gasteiger partial charge in [-0.1, -0.05) is 30.3 Å². The van der Waals surface area contributed by atoms with E-state index in [2.05, 4.69) is 10.3 Å². The van der Waals surface area contributed by atoms with E-state index in [1.54, 1.807) is 6.07 Å². The molecule has 1 aliphatic rings. The van der Waals surface area contributed by atoms with Crippen LogP contribution in [0, 0.1) is 0 Å². The molecule has 2 heterocycles. The molecule has 0 saturated carbocycles. The first kappa shape index (κ1) is 16.6. The highest BCUT2D eigenvalue weighted by Crippen LogP contribution is 2.28. The zero-order chi connectivity index (χ0) is 17.1. The van der Waals surface area contributed by atoms with Gasteiger partial charge in [-0.05, 0) is 11.6 Å². The molecule has 1 fully saturated rings. The lowest BCUT2D eigenvalue weighted by Gasteiger charge is -2.17. The predicted molar refractivity (Wildman–Crippen MR) is 85.3 cm³/mol. The highest BCUT2D eigenvalue weighted by molar-refractivity contribution is 5.33. The smallest absolute Gasteiger partial charge is 0.351 e. The van der Waals surface area contributed by atoms with Gasteiger partial charge in [-0.2, -0.15) is 4.98 Å². The summed E-state index contributed by atoms with van der Waals surface area (Å²) in [5.74, 6) is 0.395. The van der Waals surface area contributed by atoms with Gasteiger partial charge in [0.2, 0.25) is 0 Å². The van der Waals surface area contributed by atoms with Crippen molar-refractivity contribution in [2.24, 2.45) is 0 Å². The summed E-state index contributed by atoms with van der Waals surface area (Å²) in [4.78, 5) is 16.1. The van der Waals surface area contributed by atoms with Crippen LogP contribution in [0.4, 0.5) is 5.82 Å². The Morgan fingerprint density at radius 1 is 1.17 bits per heavy atom. The summed E-state index contributed by atoms with van der Waals surface area (Å²) in [5, 5.41) is 31.9. The van der Waals surface area contributed by atoms with Gasteiger partial charge in [0.25, 0.3) is 0 Å². The number of benzene rings is 1. The summed E-state index contributed by atoms with van der Waals surface area (Å²) in [5.41, 5.74) is 0.426. The third kappa shape index (κ3) is 3.31. The van der Waals surface area contributed by atoms with Crippen LogP contribution < -0.4 is 11.0 Å². The Kier molecular flexibility index (Phi) is 4.91. The number of anilines is 1. The van der Waals surface area contributed by atoms with Crippen molar-refractivity contribution in [3.8, 4) is 0 Å². The van der Waals surface area contributed by atoms with Crippen molar-refractivity contribution in [2.45, 2.75) is 31.1 Å². The quantitative estimate of drug-likeness (QED) is 0.581. The van der Waals surface area contributed by atoms with Crippen LogP contribution in [0.2, 0.25) is 0 Å². The summed E-state index contributed by atoms with van der Waals surface area (Å²) in [6.45, 7) is 0.0682. The fraction of sp³-hybridized carbons (Fsp3) is 0.375. The molecular weight excluding hydrogens is 314 g/mol. The minimum atomic E-state index is -1.32. The van der Waals surface area contributed by atoms with Gasteiger partial charge in [-0.15, -0.1) is 0 Å². The topological polar surface area (TPSA) is 117 Å². The lowest BCUT2D eigenvalue weighted by Crippen LogP contribution is -2.36. The van der Waals surface area contributed by atoms with Gasteiger partial charge < -0.3 is 25.4 Å². The molecule has 0 bridgehead atoms. The molecule has 24 heavy (non-hydrogen) atoms. The maximum atomic E-state index is 12.2. The van der Waals surface area contributed by atoms with E-state index in [4.69, 9.17) is 9.84 Å². The molecule has 1 aromatic carbocycles. The molecule has 8 heteroatoms. The fourth-order valence-electron chi connectivity index (χ4n) is 2.60. The molecule has 1 aliphatic heterocycles. The Morgan fingerprint density at radius 2 is 1.92 bits per heavy atom.